The maximum absolute atomic E-state index is 13.0. The Bertz CT molecular complexity index is 570. The molecule has 2 unspecified atom stereocenters. The van der Waals surface area contributed by atoms with Crippen molar-refractivity contribution < 1.29 is 14.3 Å². The van der Waals surface area contributed by atoms with Gasteiger partial charge in [0.05, 0.1) is 24.5 Å². The number of fused-ring (bicyclic) bond motifs is 1. The molecule has 3 fully saturated rings. The molecule has 4 aliphatic heterocycles. The molecule has 4 atom stereocenters. The van der Waals surface area contributed by atoms with Crippen molar-refractivity contribution in [1.29, 1.82) is 0 Å². The highest BCUT2D eigenvalue weighted by atomic mass is 16.5. The van der Waals surface area contributed by atoms with Gasteiger partial charge in [0.25, 0.3) is 0 Å². The number of ether oxygens (including phenoxy) is 1. The van der Waals surface area contributed by atoms with Crippen LogP contribution in [0.5, 0.6) is 0 Å². The second-order valence-corrected chi connectivity index (χ2v) is 7.79. The Kier molecular flexibility index (Phi) is 3.92. The maximum atomic E-state index is 13.0. The summed E-state index contributed by atoms with van der Waals surface area (Å²) in [5.74, 6) is -0.609. The van der Waals surface area contributed by atoms with E-state index in [4.69, 9.17) is 4.74 Å². The molecule has 4 rings (SSSR count). The summed E-state index contributed by atoms with van der Waals surface area (Å²) in [6, 6.07) is 0. The van der Waals surface area contributed by atoms with Crippen molar-refractivity contribution in [2.75, 3.05) is 46.8 Å². The molecule has 4 heterocycles. The first-order valence-corrected chi connectivity index (χ1v) is 9.11. The minimum absolute atomic E-state index is 0.00227. The van der Waals surface area contributed by atoms with E-state index in [0.717, 1.165) is 26.2 Å². The molecule has 3 saturated heterocycles. The number of amides is 2. The SMILES string of the molecule is CN(C)C(=O)C1C2C(=O)N(CCN3CCCCC3)C[C@]23C=C[C@H]1O3. The van der Waals surface area contributed by atoms with Crippen LogP contribution in [-0.4, -0.2) is 85.0 Å². The molecule has 2 bridgehead atoms. The van der Waals surface area contributed by atoms with Gasteiger partial charge in [0, 0.05) is 27.2 Å². The number of likely N-dealkylation sites (tertiary alicyclic amines) is 2. The maximum Gasteiger partial charge on any atom is 0.230 e. The van der Waals surface area contributed by atoms with Crippen LogP contribution in [0.25, 0.3) is 0 Å². The molecule has 6 nitrogen and oxygen atoms in total. The average Bonchev–Trinajstić information content (AvgIpc) is 3.21. The molecule has 0 radical (unpaired) electrons. The van der Waals surface area contributed by atoms with Gasteiger partial charge >= 0.3 is 0 Å². The fourth-order valence-corrected chi connectivity index (χ4v) is 4.79. The number of hydrogen-bond acceptors (Lipinski definition) is 4. The van der Waals surface area contributed by atoms with Crippen LogP contribution in [0.1, 0.15) is 19.3 Å². The van der Waals surface area contributed by atoms with Crippen molar-refractivity contribution in [3.8, 4) is 0 Å². The van der Waals surface area contributed by atoms with Gasteiger partial charge in [-0.1, -0.05) is 18.6 Å². The lowest BCUT2D eigenvalue weighted by Gasteiger charge is -2.29. The molecule has 24 heavy (non-hydrogen) atoms. The number of piperidine rings is 1. The van der Waals surface area contributed by atoms with Crippen molar-refractivity contribution in [2.24, 2.45) is 11.8 Å². The Morgan fingerprint density at radius 1 is 1.29 bits per heavy atom. The quantitative estimate of drug-likeness (QED) is 0.697. The predicted octanol–water partition coefficient (Wildman–Crippen LogP) is 0.343. The Morgan fingerprint density at radius 2 is 2.04 bits per heavy atom. The van der Waals surface area contributed by atoms with Gasteiger partial charge in [-0.2, -0.15) is 0 Å². The number of rotatable bonds is 4. The fourth-order valence-electron chi connectivity index (χ4n) is 4.79. The largest absolute Gasteiger partial charge is 0.360 e. The van der Waals surface area contributed by atoms with Gasteiger partial charge in [0.2, 0.25) is 11.8 Å². The summed E-state index contributed by atoms with van der Waals surface area (Å²) in [6.07, 6.45) is 7.60. The highest BCUT2D eigenvalue weighted by Crippen LogP contribution is 2.52. The van der Waals surface area contributed by atoms with Crippen molar-refractivity contribution >= 4 is 11.8 Å². The zero-order valence-corrected chi connectivity index (χ0v) is 14.6. The van der Waals surface area contributed by atoms with Gasteiger partial charge in [-0.3, -0.25) is 9.59 Å². The van der Waals surface area contributed by atoms with Crippen LogP contribution < -0.4 is 0 Å². The summed E-state index contributed by atoms with van der Waals surface area (Å²) >= 11 is 0. The molecule has 6 heteroatoms. The summed E-state index contributed by atoms with van der Waals surface area (Å²) in [4.78, 5) is 31.5. The number of carbonyl (C=O) groups excluding carboxylic acids is 2. The molecular weight excluding hydrogens is 306 g/mol. The lowest BCUT2D eigenvalue weighted by atomic mass is 9.76. The highest BCUT2D eigenvalue weighted by molar-refractivity contribution is 5.92. The van der Waals surface area contributed by atoms with Gasteiger partial charge < -0.3 is 19.4 Å². The van der Waals surface area contributed by atoms with E-state index in [9.17, 15) is 9.59 Å². The van der Waals surface area contributed by atoms with E-state index in [1.165, 1.54) is 19.3 Å². The Balaban J connectivity index is 1.47. The van der Waals surface area contributed by atoms with E-state index in [2.05, 4.69) is 4.90 Å². The van der Waals surface area contributed by atoms with Crippen molar-refractivity contribution in [3.05, 3.63) is 12.2 Å². The molecule has 0 aromatic rings. The van der Waals surface area contributed by atoms with E-state index in [1.54, 1.807) is 19.0 Å². The van der Waals surface area contributed by atoms with Gasteiger partial charge in [0.1, 0.15) is 5.60 Å². The third kappa shape index (κ3) is 2.39. The Morgan fingerprint density at radius 3 is 2.75 bits per heavy atom. The second kappa shape index (κ2) is 5.85. The molecule has 132 valence electrons. The molecule has 0 aromatic carbocycles. The molecular formula is C18H27N3O3. The van der Waals surface area contributed by atoms with E-state index < -0.39 is 5.60 Å². The zero-order chi connectivity index (χ0) is 16.9. The Labute approximate surface area is 143 Å². The second-order valence-electron chi connectivity index (χ2n) is 7.79. The molecule has 0 saturated carbocycles. The smallest absolute Gasteiger partial charge is 0.230 e. The molecule has 0 N–H and O–H groups in total. The van der Waals surface area contributed by atoms with E-state index >= 15 is 0 Å². The van der Waals surface area contributed by atoms with Crippen molar-refractivity contribution in [3.63, 3.8) is 0 Å². The summed E-state index contributed by atoms with van der Waals surface area (Å²) < 4.78 is 6.13. The molecule has 2 amide bonds. The summed E-state index contributed by atoms with van der Waals surface area (Å²) in [6.45, 7) is 4.53. The van der Waals surface area contributed by atoms with Crippen molar-refractivity contribution in [2.45, 2.75) is 31.0 Å². The molecule has 0 aliphatic carbocycles. The summed E-state index contributed by atoms with van der Waals surface area (Å²) in [7, 11) is 3.50. The zero-order valence-electron chi connectivity index (χ0n) is 14.6. The first-order chi connectivity index (χ1) is 11.5. The number of carbonyl (C=O) groups is 2. The first-order valence-electron chi connectivity index (χ1n) is 9.11. The topological polar surface area (TPSA) is 53.1 Å². The van der Waals surface area contributed by atoms with Gasteiger partial charge in [-0.05, 0) is 25.9 Å². The van der Waals surface area contributed by atoms with Gasteiger partial charge in [-0.25, -0.2) is 0 Å². The van der Waals surface area contributed by atoms with E-state index in [0.29, 0.717) is 6.54 Å². The van der Waals surface area contributed by atoms with Crippen LogP contribution in [0.2, 0.25) is 0 Å². The van der Waals surface area contributed by atoms with Crippen LogP contribution in [0.15, 0.2) is 12.2 Å². The van der Waals surface area contributed by atoms with Crippen LogP contribution in [0, 0.1) is 11.8 Å². The minimum atomic E-state index is -0.569. The monoisotopic (exact) mass is 333 g/mol. The van der Waals surface area contributed by atoms with E-state index in [1.807, 2.05) is 17.1 Å². The molecule has 4 aliphatic rings. The van der Waals surface area contributed by atoms with Crippen LogP contribution in [0.3, 0.4) is 0 Å². The van der Waals surface area contributed by atoms with Crippen molar-refractivity contribution in [1.82, 2.24) is 14.7 Å². The number of nitrogens with zero attached hydrogens (tertiary/aromatic N) is 3. The average molecular weight is 333 g/mol. The normalized spacial score (nSPS) is 38.0. The first kappa shape index (κ1) is 16.1. The summed E-state index contributed by atoms with van der Waals surface area (Å²) in [5.41, 5.74) is -0.569. The van der Waals surface area contributed by atoms with Crippen LogP contribution in [-0.2, 0) is 14.3 Å². The third-order valence-electron chi connectivity index (χ3n) is 6.04. The molecule has 1 spiro atoms. The van der Waals surface area contributed by atoms with Gasteiger partial charge in [0.15, 0.2) is 0 Å². The van der Waals surface area contributed by atoms with Crippen LogP contribution in [0.4, 0.5) is 0 Å². The highest BCUT2D eigenvalue weighted by Gasteiger charge is 2.66. The number of hydrogen-bond donors (Lipinski definition) is 0. The lowest BCUT2D eigenvalue weighted by molar-refractivity contribution is -0.141. The lowest BCUT2D eigenvalue weighted by Crippen LogP contribution is -2.44. The third-order valence-corrected chi connectivity index (χ3v) is 6.04. The minimum Gasteiger partial charge on any atom is -0.360 e. The van der Waals surface area contributed by atoms with Gasteiger partial charge in [-0.15, -0.1) is 0 Å². The van der Waals surface area contributed by atoms with E-state index in [-0.39, 0.29) is 29.8 Å². The fraction of sp³-hybridized carbons (Fsp3) is 0.778. The Hall–Kier alpha value is -1.40. The predicted molar refractivity (Wildman–Crippen MR) is 89.3 cm³/mol. The standard InChI is InChI=1S/C18H27N3O3/c1-19(2)16(22)14-13-6-7-18(24-13)12-21(17(23)15(14)18)11-10-20-8-4-3-5-9-20/h6-7,13-15H,3-5,8-12H2,1-2H3/t13-,14?,15?,18-/m1/s1. The molecule has 0 aromatic heterocycles. The summed E-state index contributed by atoms with van der Waals surface area (Å²) in [5, 5.41) is 0. The van der Waals surface area contributed by atoms with Crippen LogP contribution >= 0.6 is 0 Å².